The van der Waals surface area contributed by atoms with Crippen molar-refractivity contribution in [3.05, 3.63) is 59.7 Å². The van der Waals surface area contributed by atoms with Gasteiger partial charge in [0.1, 0.15) is 6.61 Å². The minimum absolute atomic E-state index is 0.0168. The number of alkyl carbamates (subject to hydrolysis) is 1. The number of amides is 2. The maximum absolute atomic E-state index is 12.7. The van der Waals surface area contributed by atoms with E-state index < -0.39 is 23.9 Å². The third kappa shape index (κ3) is 5.24. The van der Waals surface area contributed by atoms with Crippen molar-refractivity contribution in [3.8, 4) is 11.1 Å². The minimum Gasteiger partial charge on any atom is -0.481 e. The summed E-state index contributed by atoms with van der Waals surface area (Å²) in [6.45, 7) is 2.29. The lowest BCUT2D eigenvalue weighted by Crippen LogP contribution is -2.45. The summed E-state index contributed by atoms with van der Waals surface area (Å²) in [6.07, 6.45) is 2.70. The number of hydrogen-bond acceptors (Lipinski definition) is 4. The highest BCUT2D eigenvalue weighted by Crippen LogP contribution is 2.44. The van der Waals surface area contributed by atoms with Gasteiger partial charge >= 0.3 is 12.1 Å². The molecule has 0 aliphatic heterocycles. The van der Waals surface area contributed by atoms with Crippen LogP contribution in [0.3, 0.4) is 0 Å². The molecule has 0 heterocycles. The summed E-state index contributed by atoms with van der Waals surface area (Å²) in [6, 6.07) is 16.2. The molecule has 0 spiro atoms. The van der Waals surface area contributed by atoms with Crippen LogP contribution in [0.25, 0.3) is 11.1 Å². The number of aliphatic carboxylic acids is 1. The van der Waals surface area contributed by atoms with Gasteiger partial charge in [0.05, 0.1) is 11.8 Å². The number of carbonyl (C=O) groups excluding carboxylic acids is 2. The SMILES string of the molecule is CCC(CNC(=O)OCC1c2ccccc2-c2ccccc21)C(=O)NC1CCCC(C(=O)O)C1. The van der Waals surface area contributed by atoms with E-state index in [0.29, 0.717) is 19.3 Å². The fraction of sp³-hybridized carbons (Fsp3) is 0.444. The number of hydrogen-bond donors (Lipinski definition) is 3. The van der Waals surface area contributed by atoms with E-state index in [2.05, 4.69) is 34.9 Å². The Balaban J connectivity index is 1.28. The molecule has 2 amide bonds. The highest BCUT2D eigenvalue weighted by molar-refractivity contribution is 5.81. The molecule has 0 saturated heterocycles. The Morgan fingerprint density at radius 1 is 1.03 bits per heavy atom. The molecule has 3 unspecified atom stereocenters. The van der Waals surface area contributed by atoms with Crippen LogP contribution in [-0.2, 0) is 14.3 Å². The molecule has 2 aromatic rings. The molecule has 7 heteroatoms. The van der Waals surface area contributed by atoms with Crippen LogP contribution in [0.5, 0.6) is 0 Å². The molecule has 2 aliphatic carbocycles. The summed E-state index contributed by atoms with van der Waals surface area (Å²) in [5.41, 5.74) is 4.63. The van der Waals surface area contributed by atoms with Gasteiger partial charge in [-0.25, -0.2) is 4.79 Å². The van der Waals surface area contributed by atoms with Gasteiger partial charge in [0, 0.05) is 18.5 Å². The van der Waals surface area contributed by atoms with E-state index >= 15 is 0 Å². The summed E-state index contributed by atoms with van der Waals surface area (Å²) >= 11 is 0. The molecule has 1 fully saturated rings. The maximum Gasteiger partial charge on any atom is 0.407 e. The average molecular weight is 465 g/mol. The molecule has 0 radical (unpaired) electrons. The number of nitrogens with one attached hydrogen (secondary N) is 2. The first-order chi connectivity index (χ1) is 16.5. The number of fused-ring (bicyclic) bond motifs is 3. The van der Waals surface area contributed by atoms with Gasteiger partial charge in [-0.15, -0.1) is 0 Å². The van der Waals surface area contributed by atoms with Crippen molar-refractivity contribution in [3.63, 3.8) is 0 Å². The van der Waals surface area contributed by atoms with E-state index in [9.17, 15) is 19.5 Å². The molecule has 3 atom stereocenters. The van der Waals surface area contributed by atoms with Crippen LogP contribution in [-0.4, -0.2) is 42.3 Å². The van der Waals surface area contributed by atoms with Crippen molar-refractivity contribution in [1.82, 2.24) is 10.6 Å². The average Bonchev–Trinajstić information content (AvgIpc) is 3.17. The molecule has 0 bridgehead atoms. The van der Waals surface area contributed by atoms with E-state index in [-0.39, 0.29) is 31.0 Å². The lowest BCUT2D eigenvalue weighted by atomic mass is 9.85. The summed E-state index contributed by atoms with van der Waals surface area (Å²) < 4.78 is 5.56. The van der Waals surface area contributed by atoms with Crippen molar-refractivity contribution >= 4 is 18.0 Å². The van der Waals surface area contributed by atoms with Gasteiger partial charge < -0.3 is 20.5 Å². The van der Waals surface area contributed by atoms with Gasteiger partial charge in [-0.2, -0.15) is 0 Å². The fourth-order valence-corrected chi connectivity index (χ4v) is 5.14. The zero-order valence-corrected chi connectivity index (χ0v) is 19.5. The molecular weight excluding hydrogens is 432 g/mol. The number of carboxylic acid groups (broad SMARTS) is 1. The van der Waals surface area contributed by atoms with Crippen LogP contribution >= 0.6 is 0 Å². The second-order valence-corrected chi connectivity index (χ2v) is 9.22. The standard InChI is InChI=1S/C27H32N2O5/c1-2-17(25(30)29-19-9-7-8-18(14-19)26(31)32)15-28-27(33)34-16-24-22-12-5-3-10-20(22)21-11-4-6-13-23(21)24/h3-6,10-13,17-19,24H,2,7-9,14-16H2,1H3,(H,28,33)(H,29,30)(H,31,32). The first-order valence-corrected chi connectivity index (χ1v) is 12.1. The number of carbonyl (C=O) groups is 3. The van der Waals surface area contributed by atoms with Gasteiger partial charge in [0.25, 0.3) is 0 Å². The summed E-state index contributed by atoms with van der Waals surface area (Å²) in [5, 5.41) is 15.0. The molecule has 2 aliphatic rings. The lowest BCUT2D eigenvalue weighted by Gasteiger charge is -2.28. The molecular formula is C27H32N2O5. The van der Waals surface area contributed by atoms with Crippen molar-refractivity contribution in [1.29, 1.82) is 0 Å². The zero-order valence-electron chi connectivity index (χ0n) is 19.5. The van der Waals surface area contributed by atoms with E-state index in [0.717, 1.165) is 24.0 Å². The van der Waals surface area contributed by atoms with Crippen molar-refractivity contribution in [2.45, 2.75) is 51.0 Å². The molecule has 3 N–H and O–H groups in total. The van der Waals surface area contributed by atoms with Crippen LogP contribution in [0, 0.1) is 11.8 Å². The molecule has 2 aromatic carbocycles. The quantitative estimate of drug-likeness (QED) is 0.540. The number of carboxylic acids is 1. The Bertz CT molecular complexity index is 1010. The molecule has 0 aromatic heterocycles. The first-order valence-electron chi connectivity index (χ1n) is 12.1. The van der Waals surface area contributed by atoms with Crippen molar-refractivity contribution in [2.75, 3.05) is 13.2 Å². The smallest absolute Gasteiger partial charge is 0.407 e. The van der Waals surface area contributed by atoms with Crippen LogP contribution in [0.1, 0.15) is 56.1 Å². The van der Waals surface area contributed by atoms with Gasteiger partial charge in [-0.05, 0) is 47.9 Å². The predicted molar refractivity (Wildman–Crippen MR) is 128 cm³/mol. The largest absolute Gasteiger partial charge is 0.481 e. The van der Waals surface area contributed by atoms with Crippen LogP contribution in [0.15, 0.2) is 48.5 Å². The van der Waals surface area contributed by atoms with Crippen LogP contribution < -0.4 is 10.6 Å². The van der Waals surface area contributed by atoms with Gasteiger partial charge in [0.2, 0.25) is 5.91 Å². The van der Waals surface area contributed by atoms with Crippen molar-refractivity contribution < 1.29 is 24.2 Å². The highest BCUT2D eigenvalue weighted by atomic mass is 16.5. The van der Waals surface area contributed by atoms with E-state index in [4.69, 9.17) is 4.74 Å². The fourth-order valence-electron chi connectivity index (χ4n) is 5.14. The second-order valence-electron chi connectivity index (χ2n) is 9.22. The number of benzene rings is 2. The Kier molecular flexibility index (Phi) is 7.50. The first kappa shape index (κ1) is 23.8. The Morgan fingerprint density at radius 2 is 1.68 bits per heavy atom. The molecule has 180 valence electrons. The molecule has 7 nitrogen and oxygen atoms in total. The van der Waals surface area contributed by atoms with E-state index in [1.807, 2.05) is 31.2 Å². The van der Waals surface area contributed by atoms with Crippen LogP contribution in [0.4, 0.5) is 4.79 Å². The third-order valence-electron chi connectivity index (χ3n) is 7.07. The summed E-state index contributed by atoms with van der Waals surface area (Å²) in [5.74, 6) is -1.78. The van der Waals surface area contributed by atoms with E-state index in [1.54, 1.807) is 0 Å². The molecule has 34 heavy (non-hydrogen) atoms. The lowest BCUT2D eigenvalue weighted by molar-refractivity contribution is -0.143. The minimum atomic E-state index is -0.803. The normalized spacial score (nSPS) is 20.0. The predicted octanol–water partition coefficient (Wildman–Crippen LogP) is 4.31. The molecule has 1 saturated carbocycles. The zero-order chi connectivity index (χ0) is 24.1. The maximum atomic E-state index is 12.7. The second kappa shape index (κ2) is 10.7. The Morgan fingerprint density at radius 3 is 2.29 bits per heavy atom. The Hall–Kier alpha value is -3.35. The summed E-state index contributed by atoms with van der Waals surface area (Å²) in [4.78, 5) is 36.4. The topological polar surface area (TPSA) is 105 Å². The third-order valence-corrected chi connectivity index (χ3v) is 7.07. The van der Waals surface area contributed by atoms with Gasteiger partial charge in [-0.1, -0.05) is 61.9 Å². The van der Waals surface area contributed by atoms with Crippen molar-refractivity contribution in [2.24, 2.45) is 11.8 Å². The summed E-state index contributed by atoms with van der Waals surface area (Å²) in [7, 11) is 0. The van der Waals surface area contributed by atoms with Gasteiger partial charge in [-0.3, -0.25) is 9.59 Å². The number of rotatable bonds is 8. The van der Waals surface area contributed by atoms with E-state index in [1.165, 1.54) is 11.1 Å². The Labute approximate surface area is 199 Å². The monoisotopic (exact) mass is 464 g/mol. The highest BCUT2D eigenvalue weighted by Gasteiger charge is 2.31. The van der Waals surface area contributed by atoms with Gasteiger partial charge in [0.15, 0.2) is 0 Å². The number of ether oxygens (including phenoxy) is 1. The molecule has 4 rings (SSSR count). The van der Waals surface area contributed by atoms with Crippen LogP contribution in [0.2, 0.25) is 0 Å².